The molecule has 0 aliphatic carbocycles. The van der Waals surface area contributed by atoms with Crippen LogP contribution in [0.1, 0.15) is 18.4 Å². The summed E-state index contributed by atoms with van der Waals surface area (Å²) in [5, 5.41) is 16.5. The highest BCUT2D eigenvalue weighted by Gasteiger charge is 2.36. The lowest BCUT2D eigenvalue weighted by Crippen LogP contribution is -2.35. The summed E-state index contributed by atoms with van der Waals surface area (Å²) in [5.41, 5.74) is -0.480. The van der Waals surface area contributed by atoms with E-state index < -0.39 is 11.7 Å². The first kappa shape index (κ1) is 17.7. The number of aromatic amines is 1. The molecule has 1 saturated heterocycles. The summed E-state index contributed by atoms with van der Waals surface area (Å²) in [7, 11) is 0. The Morgan fingerprint density at radius 2 is 1.93 bits per heavy atom. The van der Waals surface area contributed by atoms with Crippen molar-refractivity contribution in [2.75, 3.05) is 24.6 Å². The third-order valence-corrected chi connectivity index (χ3v) is 4.94. The van der Waals surface area contributed by atoms with Gasteiger partial charge in [-0.25, -0.2) is 9.97 Å². The van der Waals surface area contributed by atoms with Gasteiger partial charge in [0.2, 0.25) is 0 Å². The fraction of sp³-hybridized carbons (Fsp3) is 0.389. The predicted molar refractivity (Wildman–Crippen MR) is 94.1 cm³/mol. The Labute approximate surface area is 153 Å². The van der Waals surface area contributed by atoms with Crippen LogP contribution in [0.4, 0.5) is 19.0 Å². The summed E-state index contributed by atoms with van der Waals surface area (Å²) in [5.74, 6) is 0.714. The van der Waals surface area contributed by atoms with Gasteiger partial charge >= 0.3 is 6.18 Å². The van der Waals surface area contributed by atoms with Crippen molar-refractivity contribution < 1.29 is 18.3 Å². The second kappa shape index (κ2) is 6.80. The Morgan fingerprint density at radius 1 is 1.15 bits per heavy atom. The number of halogens is 3. The lowest BCUT2D eigenvalue weighted by molar-refractivity contribution is -0.137. The molecular formula is C18H18F3N5O. The molecule has 0 unspecified atom stereocenters. The van der Waals surface area contributed by atoms with Crippen molar-refractivity contribution in [1.82, 2.24) is 20.2 Å². The van der Waals surface area contributed by atoms with Gasteiger partial charge in [0.1, 0.15) is 17.2 Å². The minimum absolute atomic E-state index is 0.131. The molecule has 0 saturated carbocycles. The molecular weight excluding hydrogens is 359 g/mol. The van der Waals surface area contributed by atoms with E-state index in [1.54, 1.807) is 18.3 Å². The SMILES string of the molecule is OCC1CCN(c2ccc(C(F)(F)F)c(-c3n[nH]c4ncccc34)n2)CC1. The summed E-state index contributed by atoms with van der Waals surface area (Å²) in [6.07, 6.45) is -1.43. The molecule has 1 aliphatic heterocycles. The van der Waals surface area contributed by atoms with E-state index in [9.17, 15) is 18.3 Å². The van der Waals surface area contributed by atoms with E-state index in [1.807, 2.05) is 4.90 Å². The number of aliphatic hydroxyl groups is 1. The predicted octanol–water partition coefficient (Wildman–Crippen LogP) is 3.25. The van der Waals surface area contributed by atoms with Gasteiger partial charge in [-0.1, -0.05) is 0 Å². The normalized spacial score (nSPS) is 16.2. The highest BCUT2D eigenvalue weighted by Crippen LogP contribution is 2.38. The summed E-state index contributed by atoms with van der Waals surface area (Å²) in [6.45, 7) is 1.42. The fourth-order valence-corrected chi connectivity index (χ4v) is 3.41. The van der Waals surface area contributed by atoms with Gasteiger partial charge in [0.25, 0.3) is 0 Å². The molecule has 0 radical (unpaired) electrons. The summed E-state index contributed by atoms with van der Waals surface area (Å²) in [6, 6.07) is 5.78. The second-order valence-electron chi connectivity index (χ2n) is 6.65. The second-order valence-corrected chi connectivity index (χ2v) is 6.65. The zero-order valence-corrected chi connectivity index (χ0v) is 14.4. The number of nitrogens with one attached hydrogen (secondary N) is 1. The zero-order chi connectivity index (χ0) is 19.0. The molecule has 0 amide bonds. The highest BCUT2D eigenvalue weighted by molar-refractivity contribution is 5.90. The van der Waals surface area contributed by atoms with Gasteiger partial charge in [0.05, 0.1) is 5.56 Å². The van der Waals surface area contributed by atoms with Crippen molar-refractivity contribution >= 4 is 16.9 Å². The lowest BCUT2D eigenvalue weighted by atomic mass is 9.98. The first-order valence-electron chi connectivity index (χ1n) is 8.71. The minimum Gasteiger partial charge on any atom is -0.396 e. The maximum Gasteiger partial charge on any atom is 0.418 e. The number of anilines is 1. The van der Waals surface area contributed by atoms with Gasteiger partial charge in [0, 0.05) is 31.3 Å². The van der Waals surface area contributed by atoms with Crippen molar-refractivity contribution in [2.45, 2.75) is 19.0 Å². The van der Waals surface area contributed by atoms with Crippen molar-refractivity contribution in [2.24, 2.45) is 5.92 Å². The summed E-state index contributed by atoms with van der Waals surface area (Å²) < 4.78 is 40.7. The van der Waals surface area contributed by atoms with E-state index >= 15 is 0 Å². The molecule has 9 heteroatoms. The number of alkyl halides is 3. The smallest absolute Gasteiger partial charge is 0.396 e. The third-order valence-electron chi connectivity index (χ3n) is 4.94. The molecule has 3 aromatic rings. The van der Waals surface area contributed by atoms with Crippen molar-refractivity contribution in [1.29, 1.82) is 0 Å². The van der Waals surface area contributed by atoms with Crippen LogP contribution in [0.25, 0.3) is 22.4 Å². The number of hydrogen-bond donors (Lipinski definition) is 2. The molecule has 4 rings (SSSR count). The molecule has 0 aromatic carbocycles. The van der Waals surface area contributed by atoms with Crippen molar-refractivity contribution in [3.63, 3.8) is 0 Å². The van der Waals surface area contributed by atoms with E-state index in [4.69, 9.17) is 0 Å². The van der Waals surface area contributed by atoms with E-state index in [2.05, 4.69) is 20.2 Å². The van der Waals surface area contributed by atoms with Crippen LogP contribution >= 0.6 is 0 Å². The Kier molecular flexibility index (Phi) is 4.47. The number of hydrogen-bond acceptors (Lipinski definition) is 5. The maximum absolute atomic E-state index is 13.6. The van der Waals surface area contributed by atoms with E-state index in [0.717, 1.165) is 18.9 Å². The van der Waals surface area contributed by atoms with Gasteiger partial charge in [-0.15, -0.1) is 0 Å². The van der Waals surface area contributed by atoms with Crippen LogP contribution in [0.5, 0.6) is 0 Å². The van der Waals surface area contributed by atoms with Gasteiger partial charge in [0.15, 0.2) is 5.65 Å². The number of pyridine rings is 2. The average Bonchev–Trinajstić information content (AvgIpc) is 3.11. The number of aliphatic hydroxyl groups excluding tert-OH is 1. The first-order chi connectivity index (χ1) is 13.0. The first-order valence-corrected chi connectivity index (χ1v) is 8.71. The molecule has 142 valence electrons. The highest BCUT2D eigenvalue weighted by atomic mass is 19.4. The largest absolute Gasteiger partial charge is 0.418 e. The average molecular weight is 377 g/mol. The minimum atomic E-state index is -4.54. The number of rotatable bonds is 3. The zero-order valence-electron chi connectivity index (χ0n) is 14.4. The molecule has 3 aromatic heterocycles. The van der Waals surface area contributed by atoms with Crippen LogP contribution in [0, 0.1) is 5.92 Å². The Hall–Kier alpha value is -2.68. The van der Waals surface area contributed by atoms with Crippen molar-refractivity contribution in [3.05, 3.63) is 36.0 Å². The molecule has 4 heterocycles. The van der Waals surface area contributed by atoms with Gasteiger partial charge in [-0.05, 0) is 43.0 Å². The molecule has 27 heavy (non-hydrogen) atoms. The van der Waals surface area contributed by atoms with E-state index in [0.29, 0.717) is 29.9 Å². The van der Waals surface area contributed by atoms with Gasteiger partial charge < -0.3 is 10.0 Å². The molecule has 6 nitrogen and oxygen atoms in total. The van der Waals surface area contributed by atoms with Gasteiger partial charge in [-0.2, -0.15) is 18.3 Å². The summed E-state index contributed by atoms with van der Waals surface area (Å²) in [4.78, 5) is 10.4. The van der Waals surface area contributed by atoms with Crippen LogP contribution in [-0.4, -0.2) is 45.0 Å². The van der Waals surface area contributed by atoms with Gasteiger partial charge in [-0.3, -0.25) is 5.10 Å². The van der Waals surface area contributed by atoms with Crippen LogP contribution in [0.3, 0.4) is 0 Å². The van der Waals surface area contributed by atoms with Crippen LogP contribution in [0.15, 0.2) is 30.5 Å². The fourth-order valence-electron chi connectivity index (χ4n) is 3.41. The monoisotopic (exact) mass is 377 g/mol. The number of piperidine rings is 1. The van der Waals surface area contributed by atoms with Crippen LogP contribution in [-0.2, 0) is 6.18 Å². The molecule has 1 aliphatic rings. The Morgan fingerprint density at radius 3 is 2.63 bits per heavy atom. The topological polar surface area (TPSA) is 77.9 Å². The third kappa shape index (κ3) is 3.34. The van der Waals surface area contributed by atoms with Crippen LogP contribution < -0.4 is 4.90 Å². The van der Waals surface area contributed by atoms with E-state index in [1.165, 1.54) is 6.07 Å². The van der Waals surface area contributed by atoms with Crippen molar-refractivity contribution in [3.8, 4) is 11.4 Å². The molecule has 0 atom stereocenters. The van der Waals surface area contributed by atoms with E-state index in [-0.39, 0.29) is 23.9 Å². The number of aromatic nitrogens is 4. The Balaban J connectivity index is 1.79. The molecule has 2 N–H and O–H groups in total. The molecule has 1 fully saturated rings. The number of fused-ring (bicyclic) bond motifs is 1. The van der Waals surface area contributed by atoms with Crippen LogP contribution in [0.2, 0.25) is 0 Å². The summed E-state index contributed by atoms with van der Waals surface area (Å²) >= 11 is 0. The quantitative estimate of drug-likeness (QED) is 0.733. The number of nitrogens with zero attached hydrogens (tertiary/aromatic N) is 4. The maximum atomic E-state index is 13.6. The standard InChI is InChI=1S/C18H18F3N5O/c19-18(20,21)13-3-4-14(26-8-5-11(10-27)6-9-26)23-16(13)15-12-2-1-7-22-17(12)25-24-15/h1-4,7,11,27H,5-6,8-10H2,(H,22,24,25). The number of H-pyrrole nitrogens is 1. The lowest BCUT2D eigenvalue weighted by Gasteiger charge is -2.32. The molecule has 0 bridgehead atoms. The molecule has 0 spiro atoms. The Bertz CT molecular complexity index is 948.